The van der Waals surface area contributed by atoms with Crippen molar-refractivity contribution in [2.75, 3.05) is 12.3 Å². The highest BCUT2D eigenvalue weighted by Gasteiger charge is 2.20. The molecule has 3 N–H and O–H groups in total. The molecule has 0 saturated heterocycles. The number of nitrogens with one attached hydrogen (secondary N) is 1. The fourth-order valence-electron chi connectivity index (χ4n) is 2.49. The Kier molecular flexibility index (Phi) is 6.48. The number of aromatic nitrogens is 2. The molecule has 0 aromatic carbocycles. The molecule has 2 aromatic rings. The summed E-state index contributed by atoms with van der Waals surface area (Å²) in [5, 5.41) is 2.76. The predicted octanol–water partition coefficient (Wildman–Crippen LogP) is 0.945. The van der Waals surface area contributed by atoms with Gasteiger partial charge in [-0.05, 0) is 37.6 Å². The minimum Gasteiger partial charge on any atom is -0.466 e. The maximum absolute atomic E-state index is 12.5. The van der Waals surface area contributed by atoms with E-state index >= 15 is 0 Å². The number of nitrogen functional groups attached to an aromatic ring is 1. The summed E-state index contributed by atoms with van der Waals surface area (Å²) in [6, 6.07) is 6.04. The van der Waals surface area contributed by atoms with Gasteiger partial charge in [0.2, 0.25) is 5.91 Å². The van der Waals surface area contributed by atoms with E-state index in [4.69, 9.17) is 10.5 Å². The van der Waals surface area contributed by atoms with Crippen molar-refractivity contribution in [2.24, 2.45) is 0 Å². The zero-order chi connectivity index (χ0) is 19.1. The van der Waals surface area contributed by atoms with Crippen molar-refractivity contribution in [1.82, 2.24) is 14.9 Å². The lowest BCUT2D eigenvalue weighted by atomic mass is 10.1. The summed E-state index contributed by atoms with van der Waals surface area (Å²) in [6.45, 7) is 3.48. The van der Waals surface area contributed by atoms with Crippen LogP contribution in [-0.2, 0) is 20.9 Å². The van der Waals surface area contributed by atoms with Crippen LogP contribution in [0.25, 0.3) is 0 Å². The molecule has 0 fully saturated rings. The van der Waals surface area contributed by atoms with E-state index in [0.717, 1.165) is 0 Å². The van der Waals surface area contributed by atoms with Crippen LogP contribution in [0.15, 0.2) is 41.5 Å². The minimum atomic E-state index is -0.604. The largest absolute Gasteiger partial charge is 0.466 e. The molecule has 26 heavy (non-hydrogen) atoms. The molecule has 2 aromatic heterocycles. The Labute approximate surface area is 151 Å². The van der Waals surface area contributed by atoms with Gasteiger partial charge in [0, 0.05) is 18.1 Å². The lowest BCUT2D eigenvalue weighted by Crippen LogP contribution is -2.37. The average Bonchev–Trinajstić information content (AvgIpc) is 2.62. The summed E-state index contributed by atoms with van der Waals surface area (Å²) in [4.78, 5) is 40.5. The zero-order valence-corrected chi connectivity index (χ0v) is 14.8. The first-order valence-corrected chi connectivity index (χ1v) is 8.23. The first-order chi connectivity index (χ1) is 12.4. The highest BCUT2D eigenvalue weighted by Crippen LogP contribution is 2.16. The van der Waals surface area contributed by atoms with E-state index in [1.165, 1.54) is 10.6 Å². The van der Waals surface area contributed by atoms with Crippen molar-refractivity contribution in [1.29, 1.82) is 0 Å². The Morgan fingerprint density at radius 3 is 2.77 bits per heavy atom. The fourth-order valence-corrected chi connectivity index (χ4v) is 2.49. The summed E-state index contributed by atoms with van der Waals surface area (Å²) >= 11 is 0. The van der Waals surface area contributed by atoms with Crippen molar-refractivity contribution in [3.8, 4) is 0 Å². The van der Waals surface area contributed by atoms with Gasteiger partial charge in [0.25, 0.3) is 5.56 Å². The number of carbonyl (C=O) groups excluding carboxylic acids is 2. The second kappa shape index (κ2) is 8.80. The predicted molar refractivity (Wildman–Crippen MR) is 96.2 cm³/mol. The highest BCUT2D eigenvalue weighted by molar-refractivity contribution is 5.78. The second-order valence-corrected chi connectivity index (χ2v) is 5.74. The molecule has 2 rings (SSSR count). The number of hydrogen-bond acceptors (Lipinski definition) is 6. The SMILES string of the molecule is CCOC(=O)C[C@H](NC(=O)Cn1c(C)ccc(N)c1=O)c1cccnc1. The van der Waals surface area contributed by atoms with Crippen molar-refractivity contribution < 1.29 is 14.3 Å². The Bertz CT molecular complexity index is 833. The van der Waals surface area contributed by atoms with Crippen molar-refractivity contribution in [3.63, 3.8) is 0 Å². The van der Waals surface area contributed by atoms with Gasteiger partial charge in [0.1, 0.15) is 6.54 Å². The quantitative estimate of drug-likeness (QED) is 0.712. The van der Waals surface area contributed by atoms with E-state index in [-0.39, 0.29) is 25.3 Å². The van der Waals surface area contributed by atoms with Crippen LogP contribution < -0.4 is 16.6 Å². The normalized spacial score (nSPS) is 11.6. The topological polar surface area (TPSA) is 116 Å². The molecule has 0 saturated carbocycles. The number of amides is 1. The van der Waals surface area contributed by atoms with Crippen LogP contribution in [0.2, 0.25) is 0 Å². The van der Waals surface area contributed by atoms with E-state index < -0.39 is 23.5 Å². The maximum atomic E-state index is 12.5. The van der Waals surface area contributed by atoms with Gasteiger partial charge in [-0.15, -0.1) is 0 Å². The number of nitrogens with two attached hydrogens (primary N) is 1. The fraction of sp³-hybridized carbons (Fsp3) is 0.333. The Morgan fingerprint density at radius 2 is 2.12 bits per heavy atom. The van der Waals surface area contributed by atoms with Gasteiger partial charge in [0.15, 0.2) is 0 Å². The monoisotopic (exact) mass is 358 g/mol. The summed E-state index contributed by atoms with van der Waals surface area (Å²) in [5.41, 5.74) is 6.55. The number of anilines is 1. The van der Waals surface area contributed by atoms with Crippen molar-refractivity contribution >= 4 is 17.6 Å². The molecular weight excluding hydrogens is 336 g/mol. The molecule has 138 valence electrons. The van der Waals surface area contributed by atoms with Crippen LogP contribution >= 0.6 is 0 Å². The number of carbonyl (C=O) groups is 2. The smallest absolute Gasteiger partial charge is 0.308 e. The third-order valence-corrected chi connectivity index (χ3v) is 3.82. The van der Waals surface area contributed by atoms with Gasteiger partial charge in [-0.2, -0.15) is 0 Å². The maximum Gasteiger partial charge on any atom is 0.308 e. The molecule has 2 heterocycles. The third kappa shape index (κ3) is 4.92. The third-order valence-electron chi connectivity index (χ3n) is 3.82. The summed E-state index contributed by atoms with van der Waals surface area (Å²) in [7, 11) is 0. The number of rotatable bonds is 7. The molecule has 8 heteroatoms. The van der Waals surface area contributed by atoms with Gasteiger partial charge in [-0.1, -0.05) is 6.07 Å². The first-order valence-electron chi connectivity index (χ1n) is 8.23. The molecule has 0 aliphatic rings. The lowest BCUT2D eigenvalue weighted by Gasteiger charge is -2.19. The molecule has 1 atom stereocenters. The van der Waals surface area contributed by atoms with E-state index in [1.807, 2.05) is 0 Å². The summed E-state index contributed by atoms with van der Waals surface area (Å²) in [6.07, 6.45) is 3.14. The molecule has 0 aliphatic heterocycles. The molecule has 0 radical (unpaired) electrons. The molecule has 0 aliphatic carbocycles. The van der Waals surface area contributed by atoms with Gasteiger partial charge < -0.3 is 20.4 Å². The average molecular weight is 358 g/mol. The van der Waals surface area contributed by atoms with Crippen LogP contribution in [0, 0.1) is 6.92 Å². The number of pyridine rings is 2. The summed E-state index contributed by atoms with van der Waals surface area (Å²) < 4.78 is 6.25. The minimum absolute atomic E-state index is 0.0317. The second-order valence-electron chi connectivity index (χ2n) is 5.74. The van der Waals surface area contributed by atoms with E-state index in [0.29, 0.717) is 11.3 Å². The standard InChI is InChI=1S/C18H22N4O4/c1-3-26-17(24)9-15(13-5-4-8-20-10-13)21-16(23)11-22-12(2)6-7-14(19)18(22)25/h4-8,10,15H,3,9,11,19H2,1-2H3,(H,21,23)/t15-/m0/s1. The van der Waals surface area contributed by atoms with Crippen LogP contribution in [0.5, 0.6) is 0 Å². The molecule has 8 nitrogen and oxygen atoms in total. The summed E-state index contributed by atoms with van der Waals surface area (Å²) in [5.74, 6) is -0.849. The Balaban J connectivity index is 2.17. The van der Waals surface area contributed by atoms with Crippen LogP contribution in [0.1, 0.15) is 30.6 Å². The molecule has 0 spiro atoms. The van der Waals surface area contributed by atoms with Gasteiger partial charge in [-0.3, -0.25) is 19.4 Å². The van der Waals surface area contributed by atoms with E-state index in [2.05, 4.69) is 10.3 Å². The van der Waals surface area contributed by atoms with Crippen LogP contribution in [0.3, 0.4) is 0 Å². The Morgan fingerprint density at radius 1 is 1.35 bits per heavy atom. The highest BCUT2D eigenvalue weighted by atomic mass is 16.5. The van der Waals surface area contributed by atoms with E-state index in [9.17, 15) is 14.4 Å². The molecule has 0 bridgehead atoms. The zero-order valence-electron chi connectivity index (χ0n) is 14.8. The number of hydrogen-bond donors (Lipinski definition) is 2. The number of esters is 1. The van der Waals surface area contributed by atoms with Crippen molar-refractivity contribution in [2.45, 2.75) is 32.9 Å². The van der Waals surface area contributed by atoms with Gasteiger partial charge in [0.05, 0.1) is 24.8 Å². The first kappa shape index (κ1) is 19.2. The van der Waals surface area contributed by atoms with Crippen LogP contribution in [-0.4, -0.2) is 28.0 Å². The molecule has 1 amide bonds. The number of ether oxygens (including phenoxy) is 1. The lowest BCUT2D eigenvalue weighted by molar-refractivity contribution is -0.143. The molecule has 0 unspecified atom stereocenters. The number of aryl methyl sites for hydroxylation is 1. The Hall–Kier alpha value is -3.16. The van der Waals surface area contributed by atoms with Crippen molar-refractivity contribution in [3.05, 3.63) is 58.3 Å². The number of nitrogens with zero attached hydrogens (tertiary/aromatic N) is 2. The van der Waals surface area contributed by atoms with Gasteiger partial charge >= 0.3 is 5.97 Å². The van der Waals surface area contributed by atoms with E-state index in [1.54, 1.807) is 44.4 Å². The van der Waals surface area contributed by atoms with Gasteiger partial charge in [-0.25, -0.2) is 0 Å². The van der Waals surface area contributed by atoms with Crippen LogP contribution in [0.4, 0.5) is 5.69 Å². The molecular formula is C18H22N4O4.